The van der Waals surface area contributed by atoms with Crippen LogP contribution < -0.4 is 10.1 Å². The summed E-state index contributed by atoms with van der Waals surface area (Å²) in [5.74, 6) is -0.955. The lowest BCUT2D eigenvalue weighted by Gasteiger charge is -2.22. The quantitative estimate of drug-likeness (QED) is 0.828. The third-order valence-electron chi connectivity index (χ3n) is 4.19. The third kappa shape index (κ3) is 3.35. The molecule has 1 N–H and O–H groups in total. The SMILES string of the molecule is C[C@@]1(c2ccc(OC(F)F)cc2)NC(=O)N(Cc2ccc(F)cc2)C1=O. The number of alkyl halides is 2. The fourth-order valence-corrected chi connectivity index (χ4v) is 2.78. The predicted octanol–water partition coefficient (Wildman–Crippen LogP) is 3.39. The van der Waals surface area contributed by atoms with Gasteiger partial charge in [-0.25, -0.2) is 9.18 Å². The Hall–Kier alpha value is -3.03. The van der Waals surface area contributed by atoms with Gasteiger partial charge in [-0.15, -0.1) is 0 Å². The van der Waals surface area contributed by atoms with Gasteiger partial charge in [0, 0.05) is 0 Å². The number of ether oxygens (including phenoxy) is 1. The van der Waals surface area contributed by atoms with Crippen molar-refractivity contribution >= 4 is 11.9 Å². The van der Waals surface area contributed by atoms with Gasteiger partial charge in [0.2, 0.25) is 0 Å². The molecule has 26 heavy (non-hydrogen) atoms. The molecule has 3 rings (SSSR count). The van der Waals surface area contributed by atoms with E-state index in [-0.39, 0.29) is 12.3 Å². The van der Waals surface area contributed by atoms with Crippen LogP contribution in [0.1, 0.15) is 18.1 Å². The molecule has 136 valence electrons. The van der Waals surface area contributed by atoms with E-state index in [1.165, 1.54) is 55.5 Å². The minimum absolute atomic E-state index is 0.00683. The minimum atomic E-state index is -2.95. The summed E-state index contributed by atoms with van der Waals surface area (Å²) >= 11 is 0. The summed E-state index contributed by atoms with van der Waals surface area (Å²) < 4.78 is 41.7. The van der Waals surface area contributed by atoms with Gasteiger partial charge in [0.1, 0.15) is 17.1 Å². The van der Waals surface area contributed by atoms with Gasteiger partial charge in [0.05, 0.1) is 6.54 Å². The highest BCUT2D eigenvalue weighted by molar-refractivity contribution is 6.07. The van der Waals surface area contributed by atoms with Crippen molar-refractivity contribution in [3.8, 4) is 5.75 Å². The number of halogens is 3. The van der Waals surface area contributed by atoms with Crippen molar-refractivity contribution in [1.82, 2.24) is 10.2 Å². The molecule has 2 aromatic rings. The lowest BCUT2D eigenvalue weighted by Crippen LogP contribution is -2.40. The number of hydrogen-bond acceptors (Lipinski definition) is 3. The maximum Gasteiger partial charge on any atom is 0.387 e. The van der Waals surface area contributed by atoms with Gasteiger partial charge in [0.25, 0.3) is 5.91 Å². The van der Waals surface area contributed by atoms with Crippen molar-refractivity contribution in [2.24, 2.45) is 0 Å². The molecule has 5 nitrogen and oxygen atoms in total. The molecule has 0 radical (unpaired) electrons. The fraction of sp³-hybridized carbons (Fsp3) is 0.222. The number of carbonyl (C=O) groups is 2. The summed E-state index contributed by atoms with van der Waals surface area (Å²) in [6, 6.07) is 10.4. The fourth-order valence-electron chi connectivity index (χ4n) is 2.78. The van der Waals surface area contributed by atoms with E-state index in [4.69, 9.17) is 0 Å². The zero-order chi connectivity index (χ0) is 18.9. The summed E-state index contributed by atoms with van der Waals surface area (Å²) in [5, 5.41) is 2.61. The summed E-state index contributed by atoms with van der Waals surface area (Å²) in [4.78, 5) is 26.1. The Kier molecular flexibility index (Phi) is 4.58. The van der Waals surface area contributed by atoms with Crippen LogP contribution in [-0.2, 0) is 16.9 Å². The van der Waals surface area contributed by atoms with E-state index in [2.05, 4.69) is 10.1 Å². The van der Waals surface area contributed by atoms with Crippen LogP contribution in [0.3, 0.4) is 0 Å². The van der Waals surface area contributed by atoms with Crippen LogP contribution in [0.15, 0.2) is 48.5 Å². The maximum atomic E-state index is 13.0. The molecular formula is C18H15F3N2O3. The second-order valence-electron chi connectivity index (χ2n) is 5.98. The van der Waals surface area contributed by atoms with Crippen LogP contribution in [0.4, 0.5) is 18.0 Å². The highest BCUT2D eigenvalue weighted by Crippen LogP contribution is 2.31. The highest BCUT2D eigenvalue weighted by atomic mass is 19.3. The van der Waals surface area contributed by atoms with Gasteiger partial charge < -0.3 is 10.1 Å². The van der Waals surface area contributed by atoms with Crippen LogP contribution in [0.25, 0.3) is 0 Å². The van der Waals surface area contributed by atoms with Crippen molar-refractivity contribution in [3.63, 3.8) is 0 Å². The van der Waals surface area contributed by atoms with Gasteiger partial charge in [0.15, 0.2) is 0 Å². The Labute approximate surface area is 147 Å². The van der Waals surface area contributed by atoms with Crippen molar-refractivity contribution in [1.29, 1.82) is 0 Å². The second kappa shape index (κ2) is 6.70. The number of hydrogen-bond donors (Lipinski definition) is 1. The Balaban J connectivity index is 1.81. The zero-order valence-electron chi connectivity index (χ0n) is 13.7. The molecule has 1 aliphatic rings. The number of urea groups is 1. The van der Waals surface area contributed by atoms with Crippen molar-refractivity contribution < 1.29 is 27.5 Å². The number of amides is 3. The molecule has 1 heterocycles. The van der Waals surface area contributed by atoms with E-state index in [9.17, 15) is 22.8 Å². The van der Waals surface area contributed by atoms with Crippen LogP contribution in [-0.4, -0.2) is 23.4 Å². The molecule has 1 saturated heterocycles. The normalized spacial score (nSPS) is 19.8. The number of carbonyl (C=O) groups excluding carboxylic acids is 2. The van der Waals surface area contributed by atoms with Crippen LogP contribution in [0.2, 0.25) is 0 Å². The lowest BCUT2D eigenvalue weighted by atomic mass is 9.92. The molecule has 1 fully saturated rings. The van der Waals surface area contributed by atoms with E-state index in [1.54, 1.807) is 0 Å². The Morgan fingerprint density at radius 2 is 1.69 bits per heavy atom. The standard InChI is InChI=1S/C18H15F3N2O3/c1-18(12-4-8-14(9-5-12)26-16(20)21)15(24)23(17(25)22-18)10-11-2-6-13(19)7-3-11/h2-9,16H,10H2,1H3,(H,22,25)/t18-/m0/s1. The molecule has 0 saturated carbocycles. The van der Waals surface area contributed by atoms with Crippen molar-refractivity contribution in [2.75, 3.05) is 0 Å². The maximum absolute atomic E-state index is 13.0. The summed E-state index contributed by atoms with van der Waals surface area (Å²) in [7, 11) is 0. The second-order valence-corrected chi connectivity index (χ2v) is 5.98. The summed E-state index contributed by atoms with van der Waals surface area (Å²) in [6.45, 7) is -1.43. The average Bonchev–Trinajstić information content (AvgIpc) is 2.81. The van der Waals surface area contributed by atoms with Gasteiger partial charge in [-0.05, 0) is 42.3 Å². The molecule has 0 unspecified atom stereocenters. The molecule has 1 atom stereocenters. The van der Waals surface area contributed by atoms with E-state index in [0.29, 0.717) is 11.1 Å². The highest BCUT2D eigenvalue weighted by Gasteiger charge is 2.48. The van der Waals surface area contributed by atoms with Gasteiger partial charge in [-0.3, -0.25) is 9.69 Å². The minimum Gasteiger partial charge on any atom is -0.435 e. The number of nitrogens with one attached hydrogen (secondary N) is 1. The third-order valence-corrected chi connectivity index (χ3v) is 4.19. The first-order valence-corrected chi connectivity index (χ1v) is 7.73. The van der Waals surface area contributed by atoms with Gasteiger partial charge in [-0.2, -0.15) is 8.78 Å². The van der Waals surface area contributed by atoms with E-state index in [0.717, 1.165) is 4.90 Å². The summed E-state index contributed by atoms with van der Waals surface area (Å²) in [6.07, 6.45) is 0. The van der Waals surface area contributed by atoms with E-state index < -0.39 is 29.9 Å². The molecule has 8 heteroatoms. The van der Waals surface area contributed by atoms with E-state index >= 15 is 0 Å². The first-order chi connectivity index (χ1) is 12.3. The largest absolute Gasteiger partial charge is 0.435 e. The smallest absolute Gasteiger partial charge is 0.387 e. The molecule has 3 amide bonds. The molecule has 1 aliphatic heterocycles. The van der Waals surface area contributed by atoms with Gasteiger partial charge in [-0.1, -0.05) is 24.3 Å². The lowest BCUT2D eigenvalue weighted by molar-refractivity contribution is -0.131. The van der Waals surface area contributed by atoms with Crippen molar-refractivity contribution in [2.45, 2.75) is 25.6 Å². The van der Waals surface area contributed by atoms with Crippen molar-refractivity contribution in [3.05, 3.63) is 65.5 Å². The average molecular weight is 364 g/mol. The number of rotatable bonds is 5. The van der Waals surface area contributed by atoms with Crippen LogP contribution in [0.5, 0.6) is 5.75 Å². The summed E-state index contributed by atoms with van der Waals surface area (Å²) in [5.41, 5.74) is -0.306. The Morgan fingerprint density at radius 1 is 1.08 bits per heavy atom. The van der Waals surface area contributed by atoms with Crippen LogP contribution in [0, 0.1) is 5.82 Å². The first kappa shape index (κ1) is 17.8. The predicted molar refractivity (Wildman–Crippen MR) is 85.9 cm³/mol. The van der Waals surface area contributed by atoms with E-state index in [1.807, 2.05) is 0 Å². The molecule has 0 spiro atoms. The zero-order valence-corrected chi connectivity index (χ0v) is 13.7. The number of imide groups is 1. The monoisotopic (exact) mass is 364 g/mol. The Bertz CT molecular complexity index is 825. The number of benzene rings is 2. The molecule has 0 aliphatic carbocycles. The topological polar surface area (TPSA) is 58.6 Å². The molecule has 0 bridgehead atoms. The van der Waals surface area contributed by atoms with Crippen LogP contribution >= 0.6 is 0 Å². The molecule has 0 aromatic heterocycles. The molecular weight excluding hydrogens is 349 g/mol. The van der Waals surface area contributed by atoms with Gasteiger partial charge >= 0.3 is 12.6 Å². The molecule has 2 aromatic carbocycles. The number of nitrogens with zero attached hydrogens (tertiary/aromatic N) is 1. The first-order valence-electron chi connectivity index (χ1n) is 7.73. The Morgan fingerprint density at radius 3 is 2.27 bits per heavy atom.